The van der Waals surface area contributed by atoms with Gasteiger partial charge in [0.05, 0.1) is 10.9 Å². The van der Waals surface area contributed by atoms with Crippen molar-refractivity contribution in [1.29, 1.82) is 0 Å². The van der Waals surface area contributed by atoms with Crippen molar-refractivity contribution in [1.82, 2.24) is 10.2 Å². The predicted octanol–water partition coefficient (Wildman–Crippen LogP) is 4.16. The van der Waals surface area contributed by atoms with Crippen molar-refractivity contribution in [2.75, 3.05) is 0 Å². The van der Waals surface area contributed by atoms with Crippen LogP contribution in [0.4, 0.5) is 17.6 Å². The highest BCUT2D eigenvalue weighted by Crippen LogP contribution is 2.30. The first-order valence-corrected chi connectivity index (χ1v) is 7.61. The number of halogens is 5. The highest BCUT2D eigenvalue weighted by atomic mass is 35.5. The summed E-state index contributed by atoms with van der Waals surface area (Å²) in [5, 5.41) is 6.18. The molecule has 4 nitrogen and oxygen atoms in total. The molecule has 2 aromatic carbocycles. The third kappa shape index (κ3) is 3.45. The van der Waals surface area contributed by atoms with Gasteiger partial charge in [-0.25, -0.2) is 9.49 Å². The number of aromatic nitrogens is 2. The van der Waals surface area contributed by atoms with Crippen LogP contribution in [0.2, 0.25) is 5.15 Å². The summed E-state index contributed by atoms with van der Waals surface area (Å²) in [6.45, 7) is 0. The van der Waals surface area contributed by atoms with Crippen LogP contribution in [0.1, 0.15) is 21.5 Å². The monoisotopic (exact) mass is 384 g/mol. The van der Waals surface area contributed by atoms with E-state index < -0.39 is 35.3 Å². The van der Waals surface area contributed by atoms with Gasteiger partial charge in [0.1, 0.15) is 5.82 Å². The minimum absolute atomic E-state index is 0.0301. The first kappa shape index (κ1) is 18.1. The van der Waals surface area contributed by atoms with E-state index in [-0.39, 0.29) is 21.7 Å². The van der Waals surface area contributed by atoms with E-state index >= 15 is 0 Å². The fourth-order valence-electron chi connectivity index (χ4n) is 2.47. The Labute approximate surface area is 148 Å². The molecule has 0 bridgehead atoms. The molecule has 0 radical (unpaired) electrons. The summed E-state index contributed by atoms with van der Waals surface area (Å²) in [4.78, 5) is 24.2. The van der Waals surface area contributed by atoms with E-state index in [9.17, 15) is 27.2 Å². The number of carbonyl (C=O) groups excluding carboxylic acids is 1. The SMILES string of the molecule is O=C(Cc1cc(C(F)(F)F)ccc1F)c1ccc2c(Cl)n[nH]c(=O)c2c1. The molecule has 134 valence electrons. The lowest BCUT2D eigenvalue weighted by Crippen LogP contribution is -2.12. The van der Waals surface area contributed by atoms with Crippen molar-refractivity contribution in [3.8, 4) is 0 Å². The van der Waals surface area contributed by atoms with Gasteiger partial charge in [0, 0.05) is 17.4 Å². The van der Waals surface area contributed by atoms with Gasteiger partial charge in [0.15, 0.2) is 10.9 Å². The maximum absolute atomic E-state index is 13.8. The molecule has 0 saturated heterocycles. The third-order valence-corrected chi connectivity index (χ3v) is 4.08. The summed E-state index contributed by atoms with van der Waals surface area (Å²) in [6.07, 6.45) is -5.23. The molecule has 0 aliphatic carbocycles. The van der Waals surface area contributed by atoms with Crippen molar-refractivity contribution in [3.63, 3.8) is 0 Å². The molecule has 1 aromatic heterocycles. The summed E-state index contributed by atoms with van der Waals surface area (Å²) >= 11 is 5.85. The zero-order valence-electron chi connectivity index (χ0n) is 12.8. The normalized spacial score (nSPS) is 11.7. The molecule has 3 rings (SSSR count). The number of nitrogens with one attached hydrogen (secondary N) is 1. The van der Waals surface area contributed by atoms with Gasteiger partial charge in [-0.3, -0.25) is 9.59 Å². The summed E-state index contributed by atoms with van der Waals surface area (Å²) in [7, 11) is 0. The van der Waals surface area contributed by atoms with Gasteiger partial charge in [-0.1, -0.05) is 23.7 Å². The van der Waals surface area contributed by atoms with Crippen LogP contribution in [-0.4, -0.2) is 16.0 Å². The van der Waals surface area contributed by atoms with E-state index in [1.165, 1.54) is 18.2 Å². The van der Waals surface area contributed by atoms with Crippen molar-refractivity contribution >= 4 is 28.2 Å². The van der Waals surface area contributed by atoms with Crippen molar-refractivity contribution in [3.05, 3.63) is 74.4 Å². The fraction of sp³-hybridized carbons (Fsp3) is 0.118. The van der Waals surface area contributed by atoms with Crippen molar-refractivity contribution in [2.24, 2.45) is 0 Å². The highest BCUT2D eigenvalue weighted by Gasteiger charge is 2.31. The molecule has 0 aliphatic heterocycles. The standard InChI is InChI=1S/C17H9ClF4N2O2/c18-15-11-3-1-8(6-12(11)16(26)24-23-15)14(25)7-9-5-10(17(20,21)22)2-4-13(9)19/h1-6H,7H2,(H,24,26). The van der Waals surface area contributed by atoms with E-state index in [0.29, 0.717) is 23.6 Å². The molecular formula is C17H9ClF4N2O2. The average Bonchev–Trinajstić information content (AvgIpc) is 2.59. The Balaban J connectivity index is 1.97. The molecular weight excluding hydrogens is 376 g/mol. The van der Waals surface area contributed by atoms with Gasteiger partial charge < -0.3 is 0 Å². The van der Waals surface area contributed by atoms with Crippen LogP contribution in [0.5, 0.6) is 0 Å². The number of hydrogen-bond donors (Lipinski definition) is 1. The second-order valence-electron chi connectivity index (χ2n) is 5.51. The summed E-state index contributed by atoms with van der Waals surface area (Å²) < 4.78 is 52.1. The molecule has 9 heteroatoms. The van der Waals surface area contributed by atoms with Crippen molar-refractivity contribution in [2.45, 2.75) is 12.6 Å². The Morgan fingerprint density at radius 2 is 1.85 bits per heavy atom. The summed E-state index contributed by atoms with van der Waals surface area (Å²) in [6, 6.07) is 5.87. The molecule has 0 unspecified atom stereocenters. The zero-order chi connectivity index (χ0) is 19.1. The number of benzene rings is 2. The van der Waals surface area contributed by atoms with Gasteiger partial charge in [-0.15, -0.1) is 0 Å². The molecule has 0 fully saturated rings. The largest absolute Gasteiger partial charge is 0.416 e. The smallest absolute Gasteiger partial charge is 0.294 e. The zero-order valence-corrected chi connectivity index (χ0v) is 13.6. The molecule has 0 atom stereocenters. The Kier molecular flexibility index (Phi) is 4.53. The van der Waals surface area contributed by atoms with E-state index in [4.69, 9.17) is 11.6 Å². The lowest BCUT2D eigenvalue weighted by Gasteiger charge is -2.10. The number of ketones is 1. The highest BCUT2D eigenvalue weighted by molar-refractivity contribution is 6.34. The Bertz CT molecular complexity index is 1080. The number of fused-ring (bicyclic) bond motifs is 1. The number of H-pyrrole nitrogens is 1. The molecule has 0 spiro atoms. The quantitative estimate of drug-likeness (QED) is 0.545. The maximum Gasteiger partial charge on any atom is 0.416 e. The summed E-state index contributed by atoms with van der Waals surface area (Å²) in [5.74, 6) is -1.56. The minimum Gasteiger partial charge on any atom is -0.294 e. The van der Waals surface area contributed by atoms with Crippen LogP contribution in [0, 0.1) is 5.82 Å². The number of Topliss-reactive ketones (excluding diaryl/α,β-unsaturated/α-hetero) is 1. The molecule has 1 N–H and O–H groups in total. The van der Waals surface area contributed by atoms with Crippen LogP contribution < -0.4 is 5.56 Å². The Morgan fingerprint density at radius 3 is 2.54 bits per heavy atom. The Hall–Kier alpha value is -2.74. The molecule has 1 heterocycles. The second kappa shape index (κ2) is 6.53. The molecule has 0 amide bonds. The summed E-state index contributed by atoms with van der Waals surface area (Å²) in [5.41, 5.74) is -1.97. The number of alkyl halides is 3. The van der Waals surface area contributed by atoms with Gasteiger partial charge in [0.25, 0.3) is 5.56 Å². The van der Waals surface area contributed by atoms with Crippen LogP contribution in [0.25, 0.3) is 10.8 Å². The minimum atomic E-state index is -4.65. The van der Waals surface area contributed by atoms with E-state index in [0.717, 1.165) is 0 Å². The van der Waals surface area contributed by atoms with Gasteiger partial charge >= 0.3 is 6.18 Å². The topological polar surface area (TPSA) is 62.8 Å². The van der Waals surface area contributed by atoms with E-state index in [1.807, 2.05) is 0 Å². The predicted molar refractivity (Wildman–Crippen MR) is 86.8 cm³/mol. The lowest BCUT2D eigenvalue weighted by molar-refractivity contribution is -0.137. The second-order valence-corrected chi connectivity index (χ2v) is 5.87. The van der Waals surface area contributed by atoms with Crippen LogP contribution >= 0.6 is 11.6 Å². The first-order chi connectivity index (χ1) is 12.2. The fourth-order valence-corrected chi connectivity index (χ4v) is 2.67. The number of hydrogen-bond acceptors (Lipinski definition) is 3. The first-order valence-electron chi connectivity index (χ1n) is 7.23. The lowest BCUT2D eigenvalue weighted by atomic mass is 9.99. The van der Waals surface area contributed by atoms with Gasteiger partial charge in [0.2, 0.25) is 0 Å². The van der Waals surface area contributed by atoms with Crippen LogP contribution in [0.15, 0.2) is 41.2 Å². The average molecular weight is 385 g/mol. The number of carbonyl (C=O) groups is 1. The third-order valence-electron chi connectivity index (χ3n) is 3.79. The molecule has 26 heavy (non-hydrogen) atoms. The van der Waals surface area contributed by atoms with Gasteiger partial charge in [-0.05, 0) is 29.8 Å². The number of nitrogens with zero attached hydrogens (tertiary/aromatic N) is 1. The van der Waals surface area contributed by atoms with Gasteiger partial charge in [-0.2, -0.15) is 18.3 Å². The maximum atomic E-state index is 13.8. The van der Waals surface area contributed by atoms with Crippen LogP contribution in [-0.2, 0) is 12.6 Å². The number of aromatic amines is 1. The Morgan fingerprint density at radius 1 is 1.12 bits per heavy atom. The molecule has 0 saturated carbocycles. The molecule has 3 aromatic rings. The van der Waals surface area contributed by atoms with E-state index in [1.54, 1.807) is 0 Å². The van der Waals surface area contributed by atoms with Crippen LogP contribution in [0.3, 0.4) is 0 Å². The van der Waals surface area contributed by atoms with Crippen molar-refractivity contribution < 1.29 is 22.4 Å². The molecule has 0 aliphatic rings. The number of rotatable bonds is 3. The van der Waals surface area contributed by atoms with E-state index in [2.05, 4.69) is 10.2 Å².